The molecule has 0 aliphatic carbocycles. The summed E-state index contributed by atoms with van der Waals surface area (Å²) < 4.78 is 38.1. The summed E-state index contributed by atoms with van der Waals surface area (Å²) in [6.45, 7) is 3.25. The lowest BCUT2D eigenvalue weighted by Crippen LogP contribution is -2.15. The molecule has 0 saturated carbocycles. The van der Waals surface area contributed by atoms with Crippen LogP contribution in [0.25, 0.3) is 0 Å². The maximum Gasteiger partial charge on any atom is 0.162 e. The first kappa shape index (κ1) is 24.1. The van der Waals surface area contributed by atoms with Gasteiger partial charge >= 0.3 is 0 Å². The molecule has 10 heteroatoms. The van der Waals surface area contributed by atoms with Crippen molar-refractivity contribution in [1.29, 1.82) is 0 Å². The molecule has 0 unspecified atom stereocenters. The minimum absolute atomic E-state index is 0.388. The SMILES string of the molecule is Brc1cc2c(cc1Br)OCCOCCOc1cc(Br)c(Br)cc1OCCOCCO2. The van der Waals surface area contributed by atoms with Gasteiger partial charge in [0.25, 0.3) is 0 Å². The molecule has 164 valence electrons. The fourth-order valence-corrected chi connectivity index (χ4v) is 3.81. The maximum atomic E-state index is 5.84. The zero-order valence-corrected chi connectivity index (χ0v) is 22.3. The summed E-state index contributed by atoms with van der Waals surface area (Å²) in [5, 5.41) is 0. The van der Waals surface area contributed by atoms with Crippen molar-refractivity contribution >= 4 is 63.7 Å². The highest BCUT2D eigenvalue weighted by Gasteiger charge is 2.12. The molecule has 2 aromatic carbocycles. The lowest BCUT2D eigenvalue weighted by Gasteiger charge is -2.16. The molecule has 0 atom stereocenters. The van der Waals surface area contributed by atoms with Crippen molar-refractivity contribution in [2.75, 3.05) is 52.9 Å². The van der Waals surface area contributed by atoms with Gasteiger partial charge in [0, 0.05) is 17.9 Å². The number of halogens is 4. The van der Waals surface area contributed by atoms with Crippen LogP contribution < -0.4 is 18.9 Å². The molecule has 0 spiro atoms. The first-order valence-electron chi connectivity index (χ1n) is 9.19. The van der Waals surface area contributed by atoms with Crippen LogP contribution in [0.3, 0.4) is 0 Å². The monoisotopic (exact) mass is 672 g/mol. The van der Waals surface area contributed by atoms with Crippen LogP contribution in [0.2, 0.25) is 0 Å². The van der Waals surface area contributed by atoms with Crippen molar-refractivity contribution < 1.29 is 28.4 Å². The van der Waals surface area contributed by atoms with E-state index in [1.807, 2.05) is 24.3 Å². The topological polar surface area (TPSA) is 55.4 Å². The van der Waals surface area contributed by atoms with Crippen LogP contribution in [0.1, 0.15) is 0 Å². The summed E-state index contributed by atoms with van der Waals surface area (Å²) >= 11 is 14.0. The number of fused-ring (bicyclic) bond motifs is 2. The van der Waals surface area contributed by atoms with E-state index in [1.54, 1.807) is 0 Å². The third-order valence-corrected chi connectivity index (χ3v) is 7.60. The van der Waals surface area contributed by atoms with Gasteiger partial charge in [-0.1, -0.05) is 0 Å². The predicted molar refractivity (Wildman–Crippen MR) is 127 cm³/mol. The van der Waals surface area contributed by atoms with Crippen LogP contribution in [0.4, 0.5) is 0 Å². The molecule has 0 N–H and O–H groups in total. The predicted octanol–water partition coefficient (Wildman–Crippen LogP) is 6.00. The van der Waals surface area contributed by atoms with Crippen molar-refractivity contribution in [3.63, 3.8) is 0 Å². The van der Waals surface area contributed by atoms with E-state index >= 15 is 0 Å². The second-order valence-corrected chi connectivity index (χ2v) is 9.46. The van der Waals surface area contributed by atoms with Gasteiger partial charge in [0.05, 0.1) is 26.4 Å². The van der Waals surface area contributed by atoms with E-state index in [1.165, 1.54) is 0 Å². The fraction of sp³-hybridized carbons (Fsp3) is 0.400. The Bertz CT molecular complexity index is 713. The van der Waals surface area contributed by atoms with E-state index in [9.17, 15) is 0 Å². The van der Waals surface area contributed by atoms with Gasteiger partial charge in [0.1, 0.15) is 26.4 Å². The van der Waals surface area contributed by atoms with Gasteiger partial charge in [-0.15, -0.1) is 0 Å². The van der Waals surface area contributed by atoms with Crippen LogP contribution in [0, 0.1) is 0 Å². The van der Waals surface area contributed by atoms with Crippen LogP contribution in [0.15, 0.2) is 42.2 Å². The Balaban J connectivity index is 1.64. The Hall–Kier alpha value is -0.520. The second-order valence-electron chi connectivity index (χ2n) is 6.04. The van der Waals surface area contributed by atoms with E-state index in [0.717, 1.165) is 17.9 Å². The highest BCUT2D eigenvalue weighted by molar-refractivity contribution is 9.13. The van der Waals surface area contributed by atoms with Gasteiger partial charge in [-0.3, -0.25) is 0 Å². The van der Waals surface area contributed by atoms with Crippen molar-refractivity contribution in [2.24, 2.45) is 0 Å². The summed E-state index contributed by atoms with van der Waals surface area (Å²) in [6, 6.07) is 7.45. The fourth-order valence-electron chi connectivity index (χ4n) is 2.52. The normalized spacial score (nSPS) is 16.4. The van der Waals surface area contributed by atoms with Gasteiger partial charge in [-0.25, -0.2) is 0 Å². The highest BCUT2D eigenvalue weighted by Crippen LogP contribution is 2.37. The average Bonchev–Trinajstić information content (AvgIpc) is 2.72. The van der Waals surface area contributed by atoms with E-state index in [0.29, 0.717) is 75.9 Å². The highest BCUT2D eigenvalue weighted by atomic mass is 79.9. The third-order valence-electron chi connectivity index (χ3n) is 3.91. The molecule has 0 saturated heterocycles. The molecule has 0 aromatic heterocycles. The molecule has 0 amide bonds. The third kappa shape index (κ3) is 7.27. The van der Waals surface area contributed by atoms with E-state index < -0.39 is 0 Å². The molecular formula is C20H20Br4O6. The van der Waals surface area contributed by atoms with Gasteiger partial charge in [0.15, 0.2) is 23.0 Å². The van der Waals surface area contributed by atoms with Crippen LogP contribution in [-0.4, -0.2) is 52.9 Å². The van der Waals surface area contributed by atoms with E-state index in [4.69, 9.17) is 28.4 Å². The zero-order valence-electron chi connectivity index (χ0n) is 15.9. The lowest BCUT2D eigenvalue weighted by molar-refractivity contribution is 0.0639. The van der Waals surface area contributed by atoms with Gasteiger partial charge in [0.2, 0.25) is 0 Å². The van der Waals surface area contributed by atoms with Crippen molar-refractivity contribution in [2.45, 2.75) is 0 Å². The van der Waals surface area contributed by atoms with Crippen molar-refractivity contribution in [3.8, 4) is 23.0 Å². The number of benzene rings is 2. The molecule has 0 bridgehead atoms. The Labute approximate surface area is 209 Å². The first-order valence-corrected chi connectivity index (χ1v) is 12.4. The smallest absolute Gasteiger partial charge is 0.162 e. The van der Waals surface area contributed by atoms with Gasteiger partial charge in [-0.05, 0) is 88.0 Å². The largest absolute Gasteiger partial charge is 0.487 e. The molecule has 2 aromatic rings. The van der Waals surface area contributed by atoms with Gasteiger partial charge in [-0.2, -0.15) is 0 Å². The molecule has 1 aliphatic rings. The quantitative estimate of drug-likeness (QED) is 0.342. The molecule has 0 radical (unpaired) electrons. The maximum absolute atomic E-state index is 5.84. The molecule has 6 nitrogen and oxygen atoms in total. The van der Waals surface area contributed by atoms with Crippen LogP contribution in [0.5, 0.6) is 23.0 Å². The standard InChI is InChI=1S/C20H20Br4O6/c21-13-9-17-18(10-14(13)22)29-7-3-26-4-8-30-20-12-16(24)15(23)11-19(20)28-6-2-25-1-5-27-17/h9-12H,1-8H2. The summed E-state index contributed by atoms with van der Waals surface area (Å²) in [6.07, 6.45) is 0. The number of hydrogen-bond donors (Lipinski definition) is 0. The molecule has 1 heterocycles. The first-order chi connectivity index (χ1) is 14.5. The summed E-state index contributed by atoms with van der Waals surface area (Å²) in [4.78, 5) is 0. The summed E-state index contributed by atoms with van der Waals surface area (Å²) in [5.74, 6) is 2.55. The van der Waals surface area contributed by atoms with Crippen molar-refractivity contribution in [3.05, 3.63) is 42.2 Å². The summed E-state index contributed by atoms with van der Waals surface area (Å²) in [7, 11) is 0. The molecule has 0 fully saturated rings. The number of ether oxygens (including phenoxy) is 6. The molecule has 3 rings (SSSR count). The number of rotatable bonds is 0. The van der Waals surface area contributed by atoms with Crippen molar-refractivity contribution in [1.82, 2.24) is 0 Å². The molecule has 30 heavy (non-hydrogen) atoms. The average molecular weight is 676 g/mol. The van der Waals surface area contributed by atoms with E-state index in [-0.39, 0.29) is 0 Å². The van der Waals surface area contributed by atoms with Gasteiger partial charge < -0.3 is 28.4 Å². The van der Waals surface area contributed by atoms with Crippen LogP contribution in [-0.2, 0) is 9.47 Å². The minimum Gasteiger partial charge on any atom is -0.487 e. The van der Waals surface area contributed by atoms with Crippen LogP contribution >= 0.6 is 63.7 Å². The Kier molecular flexibility index (Phi) is 10.1. The zero-order chi connectivity index (χ0) is 21.3. The Morgan fingerprint density at radius 2 is 0.633 bits per heavy atom. The lowest BCUT2D eigenvalue weighted by atomic mass is 10.3. The molecule has 1 aliphatic heterocycles. The Morgan fingerprint density at radius 1 is 0.400 bits per heavy atom. The second kappa shape index (κ2) is 12.5. The number of hydrogen-bond acceptors (Lipinski definition) is 6. The Morgan fingerprint density at radius 3 is 0.867 bits per heavy atom. The summed E-state index contributed by atoms with van der Waals surface area (Å²) in [5.41, 5.74) is 0. The van der Waals surface area contributed by atoms with E-state index in [2.05, 4.69) is 63.7 Å². The minimum atomic E-state index is 0.388. The molecular weight excluding hydrogens is 656 g/mol.